The van der Waals surface area contributed by atoms with Crippen LogP contribution in [0.5, 0.6) is 5.75 Å². The van der Waals surface area contributed by atoms with Gasteiger partial charge in [0.25, 0.3) is 0 Å². The van der Waals surface area contributed by atoms with Crippen molar-refractivity contribution < 1.29 is 38.7 Å². The van der Waals surface area contributed by atoms with Crippen LogP contribution in [0.1, 0.15) is 22.3 Å². The number of likely N-dealkylation sites (N-methyl/N-ethyl adjacent to an activating group) is 2. The first-order valence-electron chi connectivity index (χ1n) is 13.7. The van der Waals surface area contributed by atoms with Crippen LogP contribution in [0.2, 0.25) is 0 Å². The van der Waals surface area contributed by atoms with E-state index in [1.165, 1.54) is 30.6 Å². The van der Waals surface area contributed by atoms with Gasteiger partial charge in [0.05, 0.1) is 30.6 Å². The number of carbonyl (C=O) groups is 6. The minimum Gasteiger partial charge on any atom is -0.507 e. The molecule has 5 unspecified atom stereocenters. The number of ketones is 4. The number of aromatic hydroxyl groups is 1. The number of rotatable bonds is 7. The standard InChI is InChI=1S/C29H32N6O8/c1-34(2)23-16-8-12-7-15-14(13-9-31-29(32-10-13)33-18(37)11-35(3)43-4)5-6-17(36)20(15)24(38)19(12)25(39)21(16)26(40)22(27(23)41)28(30)42/h5-6,9-10,12,16,19,21-23,36H,7-8,11H2,1-4H3,(H2,30,42)(H,31,32,33,37)/t12?,16?,19?,21?,22?,23-/m1/s1. The minimum atomic E-state index is -1.76. The highest BCUT2D eigenvalue weighted by atomic mass is 16.7. The minimum absolute atomic E-state index is 0.0273. The van der Waals surface area contributed by atoms with Gasteiger partial charge in [-0.15, -0.1) is 0 Å². The number of nitrogens with one attached hydrogen (secondary N) is 1. The van der Waals surface area contributed by atoms with Crippen LogP contribution in [0.3, 0.4) is 0 Å². The van der Waals surface area contributed by atoms with Gasteiger partial charge in [-0.05, 0) is 56.0 Å². The van der Waals surface area contributed by atoms with Crippen molar-refractivity contribution in [2.75, 3.05) is 40.1 Å². The number of primary amides is 1. The molecule has 1 aromatic carbocycles. The molecule has 2 amide bonds. The lowest BCUT2D eigenvalue weighted by Gasteiger charge is -2.48. The van der Waals surface area contributed by atoms with Crippen LogP contribution in [0.15, 0.2) is 24.5 Å². The molecule has 6 atom stereocenters. The second kappa shape index (κ2) is 11.4. The number of aromatic nitrogens is 2. The van der Waals surface area contributed by atoms with Gasteiger partial charge in [-0.2, -0.15) is 5.06 Å². The van der Waals surface area contributed by atoms with Gasteiger partial charge in [0.1, 0.15) is 12.3 Å². The number of carbonyl (C=O) groups excluding carboxylic acids is 6. The van der Waals surface area contributed by atoms with Crippen molar-refractivity contribution >= 4 is 40.9 Å². The number of nitrogens with two attached hydrogens (primary N) is 1. The van der Waals surface area contributed by atoms with E-state index in [1.807, 2.05) is 0 Å². The molecule has 14 nitrogen and oxygen atoms in total. The molecular formula is C29H32N6O8. The molecule has 43 heavy (non-hydrogen) atoms. The molecule has 2 aromatic rings. The van der Waals surface area contributed by atoms with Crippen molar-refractivity contribution in [3.63, 3.8) is 0 Å². The molecule has 1 aromatic heterocycles. The number of phenolic OH excluding ortho intramolecular Hbond substituents is 1. The van der Waals surface area contributed by atoms with E-state index in [-0.39, 0.29) is 36.6 Å². The Morgan fingerprint density at radius 3 is 2.33 bits per heavy atom. The summed E-state index contributed by atoms with van der Waals surface area (Å²) < 4.78 is 0. The van der Waals surface area contributed by atoms with Crippen LogP contribution in [-0.4, -0.2) is 101 Å². The number of hydrogen-bond acceptors (Lipinski definition) is 12. The van der Waals surface area contributed by atoms with E-state index in [4.69, 9.17) is 10.6 Å². The maximum absolute atomic E-state index is 13.9. The van der Waals surface area contributed by atoms with Crippen LogP contribution in [0.4, 0.5) is 5.95 Å². The molecule has 4 N–H and O–H groups in total. The van der Waals surface area contributed by atoms with Crippen LogP contribution in [0, 0.1) is 29.6 Å². The number of benzene rings is 1. The van der Waals surface area contributed by atoms with Crippen molar-refractivity contribution in [1.82, 2.24) is 19.9 Å². The smallest absolute Gasteiger partial charge is 0.243 e. The third-order valence-corrected chi connectivity index (χ3v) is 8.68. The van der Waals surface area contributed by atoms with Crippen LogP contribution in [-0.2, 0) is 35.2 Å². The molecule has 3 aliphatic carbocycles. The highest BCUT2D eigenvalue weighted by Gasteiger charge is 2.61. The molecule has 0 bridgehead atoms. The van der Waals surface area contributed by atoms with Gasteiger partial charge in [-0.1, -0.05) is 6.07 Å². The first-order chi connectivity index (χ1) is 20.3. The molecule has 5 rings (SSSR count). The van der Waals surface area contributed by atoms with Crippen LogP contribution in [0.25, 0.3) is 11.1 Å². The first-order valence-corrected chi connectivity index (χ1v) is 13.7. The Kier molecular flexibility index (Phi) is 7.94. The largest absolute Gasteiger partial charge is 0.507 e. The Balaban J connectivity index is 1.49. The number of amides is 2. The fraction of sp³-hybridized carbons (Fsp3) is 0.448. The summed E-state index contributed by atoms with van der Waals surface area (Å²) in [6.07, 6.45) is 3.34. The molecule has 0 spiro atoms. The number of Topliss-reactive ketones (excluding diaryl/α,β-unsaturated/α-hetero) is 4. The number of phenols is 1. The Hall–Kier alpha value is -4.40. The molecule has 14 heteroatoms. The molecule has 3 aliphatic rings. The number of hydroxylamine groups is 2. The Labute approximate surface area is 246 Å². The zero-order chi connectivity index (χ0) is 31.3. The van der Waals surface area contributed by atoms with Gasteiger partial charge in [0.15, 0.2) is 29.1 Å². The normalized spacial score (nSPS) is 26.7. The van der Waals surface area contributed by atoms with Gasteiger partial charge in [-0.25, -0.2) is 9.97 Å². The monoisotopic (exact) mass is 592 g/mol. The first kappa shape index (κ1) is 30.1. The van der Waals surface area contributed by atoms with Crippen LogP contribution >= 0.6 is 0 Å². The van der Waals surface area contributed by atoms with E-state index in [1.54, 1.807) is 32.1 Å². The summed E-state index contributed by atoms with van der Waals surface area (Å²) in [5.74, 6) is -10.2. The van der Waals surface area contributed by atoms with E-state index in [9.17, 15) is 33.9 Å². The maximum atomic E-state index is 13.9. The summed E-state index contributed by atoms with van der Waals surface area (Å²) in [6, 6.07) is 2.05. The lowest BCUT2D eigenvalue weighted by Crippen LogP contribution is -2.64. The second-order valence-corrected chi connectivity index (χ2v) is 11.4. The average Bonchev–Trinajstić information content (AvgIpc) is 2.92. The molecule has 0 aliphatic heterocycles. The summed E-state index contributed by atoms with van der Waals surface area (Å²) in [6.45, 7) is -0.0482. The summed E-state index contributed by atoms with van der Waals surface area (Å²) in [5, 5.41) is 14.6. The zero-order valence-electron chi connectivity index (χ0n) is 24.1. The van der Waals surface area contributed by atoms with E-state index in [2.05, 4.69) is 15.3 Å². The van der Waals surface area contributed by atoms with Crippen molar-refractivity contribution in [1.29, 1.82) is 0 Å². The van der Waals surface area contributed by atoms with E-state index >= 15 is 0 Å². The highest BCUT2D eigenvalue weighted by molar-refractivity contribution is 6.28. The Bertz CT molecular complexity index is 1540. The van der Waals surface area contributed by atoms with Gasteiger partial charge in [0, 0.05) is 25.0 Å². The predicted molar refractivity (Wildman–Crippen MR) is 149 cm³/mol. The fourth-order valence-electron chi connectivity index (χ4n) is 6.86. The van der Waals surface area contributed by atoms with E-state index in [0.717, 1.165) is 0 Å². The highest BCUT2D eigenvalue weighted by Crippen LogP contribution is 2.50. The van der Waals surface area contributed by atoms with Crippen molar-refractivity contribution in [3.05, 3.63) is 35.7 Å². The van der Waals surface area contributed by atoms with Crippen molar-refractivity contribution in [3.8, 4) is 16.9 Å². The quantitative estimate of drug-likeness (QED) is 0.279. The summed E-state index contributed by atoms with van der Waals surface area (Å²) >= 11 is 0. The van der Waals surface area contributed by atoms with Gasteiger partial charge in [-0.3, -0.25) is 39.0 Å². The molecule has 1 heterocycles. The molecule has 0 radical (unpaired) electrons. The Morgan fingerprint density at radius 2 is 1.72 bits per heavy atom. The lowest BCUT2D eigenvalue weighted by molar-refractivity contribution is -0.157. The average molecular weight is 593 g/mol. The van der Waals surface area contributed by atoms with E-state index < -0.39 is 70.6 Å². The number of fused-ring (bicyclic) bond motifs is 3. The van der Waals surface area contributed by atoms with Crippen molar-refractivity contribution in [2.45, 2.75) is 18.9 Å². The lowest BCUT2D eigenvalue weighted by atomic mass is 9.54. The van der Waals surface area contributed by atoms with Gasteiger partial charge < -0.3 is 15.7 Å². The van der Waals surface area contributed by atoms with Crippen LogP contribution < -0.4 is 11.1 Å². The summed E-state index contributed by atoms with van der Waals surface area (Å²) in [7, 11) is 6.28. The molecule has 2 fully saturated rings. The molecule has 0 saturated heterocycles. The Morgan fingerprint density at radius 1 is 1.05 bits per heavy atom. The third kappa shape index (κ3) is 5.11. The number of nitrogens with zero attached hydrogens (tertiary/aromatic N) is 4. The zero-order valence-corrected chi connectivity index (χ0v) is 24.1. The second-order valence-electron chi connectivity index (χ2n) is 11.4. The van der Waals surface area contributed by atoms with E-state index in [0.29, 0.717) is 16.7 Å². The number of hydrogen-bond donors (Lipinski definition) is 3. The summed E-state index contributed by atoms with van der Waals surface area (Å²) in [5.41, 5.74) is 6.93. The fourth-order valence-corrected chi connectivity index (χ4v) is 6.86. The maximum Gasteiger partial charge on any atom is 0.243 e. The third-order valence-electron chi connectivity index (χ3n) is 8.68. The molecule has 2 saturated carbocycles. The summed E-state index contributed by atoms with van der Waals surface area (Å²) in [4.78, 5) is 93.5. The molecular weight excluding hydrogens is 560 g/mol. The predicted octanol–water partition coefficient (Wildman–Crippen LogP) is -0.359. The molecule has 226 valence electrons. The number of anilines is 1. The van der Waals surface area contributed by atoms with Crippen molar-refractivity contribution in [2.24, 2.45) is 35.3 Å². The van der Waals surface area contributed by atoms with Gasteiger partial charge >= 0.3 is 0 Å². The van der Waals surface area contributed by atoms with Gasteiger partial charge in [0.2, 0.25) is 17.8 Å². The topological polar surface area (TPSA) is 202 Å². The SMILES string of the molecule is CON(C)CC(=O)Nc1ncc(-c2ccc(O)c3c2CC2CC4C(C(=O)C(C(N)=O)C(=O)[C@@H]4N(C)C)C(=O)C2C3=O)cn1.